The number of fused-ring (bicyclic) bond motifs is 1. The van der Waals surface area contributed by atoms with Crippen molar-refractivity contribution in [3.63, 3.8) is 0 Å². The number of hydrogen-bond donors (Lipinski definition) is 2. The first-order valence-electron chi connectivity index (χ1n) is 9.35. The van der Waals surface area contributed by atoms with Crippen LogP contribution >= 0.6 is 0 Å². The molecule has 0 saturated heterocycles. The van der Waals surface area contributed by atoms with Gasteiger partial charge < -0.3 is 5.32 Å². The summed E-state index contributed by atoms with van der Waals surface area (Å²) in [6.45, 7) is -0.197. The molecule has 2 N–H and O–H groups in total. The molecule has 1 aromatic heterocycles. The van der Waals surface area contributed by atoms with E-state index in [1.54, 1.807) is 54.6 Å². The van der Waals surface area contributed by atoms with E-state index in [0.717, 1.165) is 0 Å². The number of nitrogens with zero attached hydrogens (tertiary/aromatic N) is 2. The standard InChI is InChI=1S/C22H18N4O4S/c27-21(15-26-20-9-5-4-8-19(20)23-14-22(26)28)24-16-10-12-18(13-11-16)31(29,30)25-17-6-2-1-3-7-17/h1-14,25H,15H2,(H,24,27). The van der Waals surface area contributed by atoms with E-state index in [-0.39, 0.29) is 17.0 Å². The van der Waals surface area contributed by atoms with Gasteiger partial charge in [-0.2, -0.15) is 0 Å². The summed E-state index contributed by atoms with van der Waals surface area (Å²) < 4.78 is 28.8. The van der Waals surface area contributed by atoms with E-state index in [1.807, 2.05) is 0 Å². The van der Waals surface area contributed by atoms with Crippen LogP contribution in [0.1, 0.15) is 0 Å². The summed E-state index contributed by atoms with van der Waals surface area (Å²) in [7, 11) is -3.75. The summed E-state index contributed by atoms with van der Waals surface area (Å²) in [5.74, 6) is -0.420. The minimum Gasteiger partial charge on any atom is -0.325 e. The average Bonchev–Trinajstić information content (AvgIpc) is 2.76. The molecule has 4 aromatic rings. The maximum absolute atomic E-state index is 12.5. The van der Waals surface area contributed by atoms with Gasteiger partial charge in [-0.15, -0.1) is 0 Å². The Morgan fingerprint density at radius 3 is 2.29 bits per heavy atom. The summed E-state index contributed by atoms with van der Waals surface area (Å²) >= 11 is 0. The van der Waals surface area contributed by atoms with Crippen LogP contribution in [0, 0.1) is 0 Å². The van der Waals surface area contributed by atoms with Gasteiger partial charge in [0.1, 0.15) is 6.54 Å². The van der Waals surface area contributed by atoms with Crippen molar-refractivity contribution in [3.05, 3.63) is 95.4 Å². The largest absolute Gasteiger partial charge is 0.325 e. The molecule has 0 atom stereocenters. The summed E-state index contributed by atoms with van der Waals surface area (Å²) in [5.41, 5.74) is 1.64. The number of anilines is 2. The Labute approximate surface area is 178 Å². The molecule has 0 aliphatic rings. The predicted molar refractivity (Wildman–Crippen MR) is 118 cm³/mol. The predicted octanol–water partition coefficient (Wildman–Crippen LogP) is 2.84. The van der Waals surface area contributed by atoms with E-state index in [9.17, 15) is 18.0 Å². The lowest BCUT2D eigenvalue weighted by molar-refractivity contribution is -0.116. The Morgan fingerprint density at radius 2 is 1.55 bits per heavy atom. The van der Waals surface area contributed by atoms with Gasteiger partial charge in [-0.05, 0) is 48.5 Å². The van der Waals surface area contributed by atoms with Gasteiger partial charge >= 0.3 is 0 Å². The van der Waals surface area contributed by atoms with Crippen molar-refractivity contribution in [2.24, 2.45) is 0 Å². The highest BCUT2D eigenvalue weighted by Gasteiger charge is 2.15. The second kappa shape index (κ2) is 8.41. The lowest BCUT2D eigenvalue weighted by Crippen LogP contribution is -2.28. The quantitative estimate of drug-likeness (QED) is 0.485. The van der Waals surface area contributed by atoms with Gasteiger partial charge in [-0.3, -0.25) is 18.9 Å². The van der Waals surface area contributed by atoms with Crippen LogP contribution in [-0.4, -0.2) is 23.9 Å². The third kappa shape index (κ3) is 4.62. The van der Waals surface area contributed by atoms with Crippen molar-refractivity contribution in [1.82, 2.24) is 9.55 Å². The molecule has 8 nitrogen and oxygen atoms in total. The molecule has 9 heteroatoms. The lowest BCUT2D eigenvalue weighted by atomic mass is 10.3. The molecule has 0 saturated carbocycles. The molecule has 0 aliphatic heterocycles. The first kappa shape index (κ1) is 20.3. The van der Waals surface area contributed by atoms with Crippen LogP contribution in [0.15, 0.2) is 94.7 Å². The monoisotopic (exact) mass is 434 g/mol. The number of benzene rings is 3. The number of amides is 1. The minimum absolute atomic E-state index is 0.0608. The van der Waals surface area contributed by atoms with Gasteiger partial charge in [-0.25, -0.2) is 13.4 Å². The Hall–Kier alpha value is -3.98. The fourth-order valence-electron chi connectivity index (χ4n) is 3.06. The van der Waals surface area contributed by atoms with Crippen molar-refractivity contribution < 1.29 is 13.2 Å². The van der Waals surface area contributed by atoms with Crippen LogP contribution in [0.3, 0.4) is 0 Å². The highest BCUT2D eigenvalue weighted by atomic mass is 32.2. The van der Waals surface area contributed by atoms with E-state index in [0.29, 0.717) is 22.4 Å². The summed E-state index contributed by atoms with van der Waals surface area (Å²) in [6.07, 6.45) is 1.18. The van der Waals surface area contributed by atoms with Crippen molar-refractivity contribution in [3.8, 4) is 0 Å². The molecule has 31 heavy (non-hydrogen) atoms. The summed E-state index contributed by atoms with van der Waals surface area (Å²) in [4.78, 5) is 28.8. The number of sulfonamides is 1. The van der Waals surface area contributed by atoms with Crippen molar-refractivity contribution >= 4 is 38.3 Å². The molecular weight excluding hydrogens is 416 g/mol. The molecule has 156 valence electrons. The Balaban J connectivity index is 1.48. The SMILES string of the molecule is O=C(Cn1c(=O)cnc2ccccc21)Nc1ccc(S(=O)(=O)Nc2ccccc2)cc1. The maximum Gasteiger partial charge on any atom is 0.269 e. The van der Waals surface area contributed by atoms with Gasteiger partial charge in [-0.1, -0.05) is 30.3 Å². The van der Waals surface area contributed by atoms with Gasteiger partial charge in [0, 0.05) is 11.4 Å². The van der Waals surface area contributed by atoms with Crippen LogP contribution < -0.4 is 15.6 Å². The second-order valence-corrected chi connectivity index (χ2v) is 8.40. The number of nitrogens with one attached hydrogen (secondary N) is 2. The highest BCUT2D eigenvalue weighted by Crippen LogP contribution is 2.18. The first-order chi connectivity index (χ1) is 14.9. The molecule has 0 radical (unpaired) electrons. The molecule has 1 heterocycles. The number of hydrogen-bond acceptors (Lipinski definition) is 5. The molecule has 1 amide bonds. The van der Waals surface area contributed by atoms with E-state index in [2.05, 4.69) is 15.0 Å². The number of carbonyl (C=O) groups excluding carboxylic acids is 1. The molecule has 3 aromatic carbocycles. The van der Waals surface area contributed by atoms with Crippen LogP contribution in [-0.2, 0) is 21.4 Å². The van der Waals surface area contributed by atoms with Gasteiger partial charge in [0.05, 0.1) is 22.1 Å². The third-order valence-corrected chi connectivity index (χ3v) is 5.93. The van der Waals surface area contributed by atoms with Crippen molar-refractivity contribution in [2.75, 3.05) is 10.0 Å². The zero-order valence-electron chi connectivity index (χ0n) is 16.2. The highest BCUT2D eigenvalue weighted by molar-refractivity contribution is 7.92. The van der Waals surface area contributed by atoms with Crippen molar-refractivity contribution in [1.29, 1.82) is 0 Å². The number of rotatable bonds is 6. The maximum atomic E-state index is 12.5. The van der Waals surface area contributed by atoms with E-state index in [4.69, 9.17) is 0 Å². The molecule has 0 aliphatic carbocycles. The molecular formula is C22H18N4O4S. The molecule has 0 unspecified atom stereocenters. The van der Waals surface area contributed by atoms with Crippen LogP contribution in [0.4, 0.5) is 11.4 Å². The van der Waals surface area contributed by atoms with Gasteiger partial charge in [0.2, 0.25) is 5.91 Å². The zero-order chi connectivity index (χ0) is 21.8. The first-order valence-corrected chi connectivity index (χ1v) is 10.8. The Kier molecular flexibility index (Phi) is 5.50. The van der Waals surface area contributed by atoms with Crippen LogP contribution in [0.5, 0.6) is 0 Å². The molecule has 0 bridgehead atoms. The van der Waals surface area contributed by atoms with Crippen LogP contribution in [0.25, 0.3) is 11.0 Å². The fourth-order valence-corrected chi connectivity index (χ4v) is 4.12. The molecule has 0 fully saturated rings. The van der Waals surface area contributed by atoms with Crippen molar-refractivity contribution in [2.45, 2.75) is 11.4 Å². The van der Waals surface area contributed by atoms with E-state index in [1.165, 1.54) is 35.0 Å². The van der Waals surface area contributed by atoms with Gasteiger partial charge in [0.25, 0.3) is 15.6 Å². The summed E-state index contributed by atoms with van der Waals surface area (Å²) in [5, 5.41) is 2.68. The molecule has 4 rings (SSSR count). The topological polar surface area (TPSA) is 110 Å². The number of aromatic nitrogens is 2. The fraction of sp³-hybridized carbons (Fsp3) is 0.0455. The lowest BCUT2D eigenvalue weighted by Gasteiger charge is -2.11. The normalized spacial score (nSPS) is 11.2. The van der Waals surface area contributed by atoms with Crippen LogP contribution in [0.2, 0.25) is 0 Å². The van der Waals surface area contributed by atoms with E-state index < -0.39 is 15.9 Å². The van der Waals surface area contributed by atoms with E-state index >= 15 is 0 Å². The molecule has 0 spiro atoms. The summed E-state index contributed by atoms with van der Waals surface area (Å²) in [6, 6.07) is 21.4. The number of para-hydroxylation sites is 3. The van der Waals surface area contributed by atoms with Gasteiger partial charge in [0.15, 0.2) is 0 Å². The Bertz CT molecular complexity index is 1400. The second-order valence-electron chi connectivity index (χ2n) is 6.72. The number of carbonyl (C=O) groups is 1. The smallest absolute Gasteiger partial charge is 0.269 e. The minimum atomic E-state index is -3.75. The Morgan fingerprint density at radius 1 is 0.871 bits per heavy atom. The zero-order valence-corrected chi connectivity index (χ0v) is 17.0. The average molecular weight is 434 g/mol. The third-order valence-electron chi connectivity index (χ3n) is 4.53.